The quantitative estimate of drug-likeness (QED) is 0.447. The van der Waals surface area contributed by atoms with Crippen LogP contribution in [0.15, 0.2) is 28.7 Å². The second-order valence-corrected chi connectivity index (χ2v) is 6.07. The predicted octanol–water partition coefficient (Wildman–Crippen LogP) is 2.90. The zero-order chi connectivity index (χ0) is 19.4. The van der Waals surface area contributed by atoms with Crippen LogP contribution in [0.25, 0.3) is 11.5 Å². The van der Waals surface area contributed by atoms with E-state index in [-0.39, 0.29) is 40.6 Å². The molecule has 1 aromatic heterocycles. The van der Waals surface area contributed by atoms with E-state index in [2.05, 4.69) is 4.98 Å². The van der Waals surface area contributed by atoms with Gasteiger partial charge < -0.3 is 14.1 Å². The smallest absolute Gasteiger partial charge is 0.309 e. The lowest BCUT2D eigenvalue weighted by Crippen LogP contribution is -2.37. The van der Waals surface area contributed by atoms with Gasteiger partial charge in [-0.15, -0.1) is 0 Å². The molecular formula is C18H18N4O5. The van der Waals surface area contributed by atoms with Crippen molar-refractivity contribution in [2.24, 2.45) is 5.92 Å². The van der Waals surface area contributed by atoms with E-state index < -0.39 is 4.92 Å². The molecule has 0 amide bonds. The van der Waals surface area contributed by atoms with Gasteiger partial charge in [-0.25, -0.2) is 0 Å². The monoisotopic (exact) mass is 370 g/mol. The molecule has 0 atom stereocenters. The molecule has 1 aliphatic heterocycles. The third-order valence-electron chi connectivity index (χ3n) is 4.45. The number of aromatic nitrogens is 1. The Morgan fingerprint density at radius 3 is 2.78 bits per heavy atom. The highest BCUT2D eigenvalue weighted by atomic mass is 16.6. The number of nitrogens with zero attached hydrogens (tertiary/aromatic N) is 4. The minimum Gasteiger partial charge on any atom is -0.466 e. The largest absolute Gasteiger partial charge is 0.466 e. The lowest BCUT2D eigenvalue weighted by Gasteiger charge is -2.30. The van der Waals surface area contributed by atoms with Crippen molar-refractivity contribution < 1.29 is 18.9 Å². The molecule has 0 bridgehead atoms. The van der Waals surface area contributed by atoms with Gasteiger partial charge in [0.25, 0.3) is 5.69 Å². The van der Waals surface area contributed by atoms with Crippen LogP contribution in [0.2, 0.25) is 0 Å². The number of carbonyl (C=O) groups excluding carboxylic acids is 1. The zero-order valence-electron chi connectivity index (χ0n) is 14.8. The second-order valence-electron chi connectivity index (χ2n) is 6.07. The Hall–Kier alpha value is -3.41. The number of para-hydroxylation sites is 1. The van der Waals surface area contributed by atoms with Crippen LogP contribution in [0.5, 0.6) is 0 Å². The SMILES string of the molecule is CCOC(=O)C1CCN(c2oc(-c3ccccc3[N+](=O)[O-])nc2C#N)CC1. The number of hydrogen-bond acceptors (Lipinski definition) is 8. The summed E-state index contributed by atoms with van der Waals surface area (Å²) in [6.45, 7) is 3.12. The molecule has 0 N–H and O–H groups in total. The topological polar surface area (TPSA) is 122 Å². The van der Waals surface area contributed by atoms with Crippen LogP contribution in [0.4, 0.5) is 11.6 Å². The lowest BCUT2D eigenvalue weighted by atomic mass is 9.97. The Labute approximate surface area is 155 Å². The van der Waals surface area contributed by atoms with Gasteiger partial charge >= 0.3 is 5.97 Å². The molecule has 9 nitrogen and oxygen atoms in total. The Kier molecular flexibility index (Phi) is 5.35. The molecule has 9 heteroatoms. The van der Waals surface area contributed by atoms with Gasteiger partial charge in [0.05, 0.1) is 17.4 Å². The summed E-state index contributed by atoms with van der Waals surface area (Å²) in [5.41, 5.74) is 0.139. The van der Waals surface area contributed by atoms with Gasteiger partial charge in [-0.2, -0.15) is 10.2 Å². The molecule has 1 aliphatic rings. The average molecular weight is 370 g/mol. The molecule has 1 aromatic carbocycles. The summed E-state index contributed by atoms with van der Waals surface area (Å²) in [5, 5.41) is 20.6. The summed E-state index contributed by atoms with van der Waals surface area (Å²) in [4.78, 5) is 28.5. The lowest BCUT2D eigenvalue weighted by molar-refractivity contribution is -0.384. The summed E-state index contributed by atoms with van der Waals surface area (Å²) >= 11 is 0. The van der Waals surface area contributed by atoms with E-state index in [1.54, 1.807) is 19.1 Å². The number of anilines is 1. The van der Waals surface area contributed by atoms with Gasteiger partial charge in [-0.3, -0.25) is 14.9 Å². The molecule has 0 aliphatic carbocycles. The number of esters is 1. The first kappa shape index (κ1) is 18.4. The molecule has 140 valence electrons. The van der Waals surface area contributed by atoms with Crippen molar-refractivity contribution in [2.75, 3.05) is 24.6 Å². The molecular weight excluding hydrogens is 352 g/mol. The molecule has 2 aromatic rings. The Bertz CT molecular complexity index is 893. The molecule has 1 fully saturated rings. The van der Waals surface area contributed by atoms with Crippen LogP contribution < -0.4 is 4.90 Å². The van der Waals surface area contributed by atoms with Gasteiger partial charge in [-0.05, 0) is 25.8 Å². The molecule has 2 heterocycles. The van der Waals surface area contributed by atoms with Gasteiger partial charge in [-0.1, -0.05) is 12.1 Å². The summed E-state index contributed by atoms with van der Waals surface area (Å²) in [6, 6.07) is 8.06. The van der Waals surface area contributed by atoms with Crippen LogP contribution >= 0.6 is 0 Å². The van der Waals surface area contributed by atoms with Crippen LogP contribution in [0.3, 0.4) is 0 Å². The van der Waals surface area contributed by atoms with E-state index in [0.717, 1.165) is 0 Å². The van der Waals surface area contributed by atoms with Crippen molar-refractivity contribution in [3.8, 4) is 17.5 Å². The first-order valence-electron chi connectivity index (χ1n) is 8.61. The fourth-order valence-electron chi connectivity index (χ4n) is 3.11. The van der Waals surface area contributed by atoms with Gasteiger partial charge in [0.2, 0.25) is 17.5 Å². The van der Waals surface area contributed by atoms with Crippen LogP contribution in [0.1, 0.15) is 25.5 Å². The predicted molar refractivity (Wildman–Crippen MR) is 94.9 cm³/mol. The average Bonchev–Trinajstić information content (AvgIpc) is 3.12. The van der Waals surface area contributed by atoms with E-state index in [4.69, 9.17) is 9.15 Å². The van der Waals surface area contributed by atoms with E-state index in [1.165, 1.54) is 12.1 Å². The zero-order valence-corrected chi connectivity index (χ0v) is 14.8. The molecule has 0 radical (unpaired) electrons. The number of rotatable bonds is 5. The van der Waals surface area contributed by atoms with Crippen LogP contribution in [0, 0.1) is 27.4 Å². The Balaban J connectivity index is 1.84. The summed E-state index contributed by atoms with van der Waals surface area (Å²) < 4.78 is 10.8. The number of nitriles is 1. The number of piperidine rings is 1. The Morgan fingerprint density at radius 2 is 2.15 bits per heavy atom. The highest BCUT2D eigenvalue weighted by Crippen LogP contribution is 2.34. The molecule has 1 saturated heterocycles. The van der Waals surface area contributed by atoms with Crippen molar-refractivity contribution in [3.63, 3.8) is 0 Å². The van der Waals surface area contributed by atoms with Crippen molar-refractivity contribution in [3.05, 3.63) is 40.1 Å². The minimum absolute atomic E-state index is 0.0290. The maximum atomic E-state index is 11.9. The molecule has 27 heavy (non-hydrogen) atoms. The molecule has 0 saturated carbocycles. The fourth-order valence-corrected chi connectivity index (χ4v) is 3.11. The first-order chi connectivity index (χ1) is 13.0. The standard InChI is InChI=1S/C18H18N4O5/c1-2-26-18(23)12-7-9-21(10-8-12)17-14(11-19)20-16(27-17)13-5-3-4-6-15(13)22(24)25/h3-6,12H,2,7-10H2,1H3. The van der Waals surface area contributed by atoms with Crippen molar-refractivity contribution >= 4 is 17.5 Å². The maximum Gasteiger partial charge on any atom is 0.309 e. The maximum absolute atomic E-state index is 11.9. The third kappa shape index (κ3) is 3.74. The number of nitro benzene ring substituents is 1. The van der Waals surface area contributed by atoms with Crippen molar-refractivity contribution in [1.82, 2.24) is 4.98 Å². The van der Waals surface area contributed by atoms with E-state index in [1.807, 2.05) is 11.0 Å². The number of oxazole rings is 1. The summed E-state index contributed by atoms with van der Waals surface area (Å²) in [5.74, 6) is -0.0884. The number of nitro groups is 1. The molecule has 0 spiro atoms. The number of ether oxygens (including phenoxy) is 1. The molecule has 0 unspecified atom stereocenters. The molecule has 3 rings (SSSR count). The van der Waals surface area contributed by atoms with E-state index >= 15 is 0 Å². The third-order valence-corrected chi connectivity index (χ3v) is 4.45. The Morgan fingerprint density at radius 1 is 1.44 bits per heavy atom. The highest BCUT2D eigenvalue weighted by molar-refractivity contribution is 5.73. The first-order valence-corrected chi connectivity index (χ1v) is 8.61. The minimum atomic E-state index is -0.518. The summed E-state index contributed by atoms with van der Waals surface area (Å²) in [7, 11) is 0. The second kappa shape index (κ2) is 7.86. The van der Waals surface area contributed by atoms with Gasteiger partial charge in [0, 0.05) is 19.2 Å². The number of hydrogen-bond donors (Lipinski definition) is 0. The van der Waals surface area contributed by atoms with Crippen molar-refractivity contribution in [1.29, 1.82) is 5.26 Å². The van der Waals surface area contributed by atoms with E-state index in [0.29, 0.717) is 32.5 Å². The fraction of sp³-hybridized carbons (Fsp3) is 0.389. The van der Waals surface area contributed by atoms with Crippen LogP contribution in [-0.4, -0.2) is 35.6 Å². The summed E-state index contributed by atoms with van der Waals surface area (Å²) in [6.07, 6.45) is 1.15. The van der Waals surface area contributed by atoms with Crippen molar-refractivity contribution in [2.45, 2.75) is 19.8 Å². The van der Waals surface area contributed by atoms with Gasteiger partial charge in [0.1, 0.15) is 11.6 Å². The number of benzene rings is 1. The van der Waals surface area contributed by atoms with Gasteiger partial charge in [0.15, 0.2) is 0 Å². The number of carbonyl (C=O) groups is 1. The van der Waals surface area contributed by atoms with Crippen LogP contribution in [-0.2, 0) is 9.53 Å². The normalized spacial score (nSPS) is 14.6. The highest BCUT2D eigenvalue weighted by Gasteiger charge is 2.30. The van der Waals surface area contributed by atoms with E-state index in [9.17, 15) is 20.2 Å².